The Bertz CT molecular complexity index is 527. The zero-order valence-corrected chi connectivity index (χ0v) is 10.4. The van der Waals surface area contributed by atoms with E-state index in [0.717, 1.165) is 10.9 Å². The largest absolute Gasteiger partial charge is 0.324 e. The van der Waals surface area contributed by atoms with Gasteiger partial charge in [0.15, 0.2) is 0 Å². The van der Waals surface area contributed by atoms with Crippen LogP contribution in [0.25, 0.3) is 0 Å². The molecule has 0 fully saturated rings. The average molecular weight is 274 g/mol. The molecule has 0 bridgehead atoms. The average Bonchev–Trinajstić information content (AvgIpc) is 2.63. The van der Waals surface area contributed by atoms with Crippen LogP contribution in [0.2, 0.25) is 4.34 Å². The van der Waals surface area contributed by atoms with Crippen LogP contribution in [-0.4, -0.2) is 0 Å². The number of thiophene rings is 1. The maximum Gasteiger partial charge on any atom is 0.130 e. The first kappa shape index (κ1) is 12.5. The van der Waals surface area contributed by atoms with Gasteiger partial charge in [0.25, 0.3) is 0 Å². The Hall–Kier alpha value is -0.970. The molecule has 0 saturated carbocycles. The molecule has 2 aromatic rings. The fourth-order valence-corrected chi connectivity index (χ4v) is 2.74. The Morgan fingerprint density at radius 2 is 2.00 bits per heavy atom. The molecule has 0 aliphatic rings. The van der Waals surface area contributed by atoms with Gasteiger partial charge in [0.1, 0.15) is 11.6 Å². The first-order valence-electron chi connectivity index (χ1n) is 5.01. The molecule has 5 heteroatoms. The van der Waals surface area contributed by atoms with Gasteiger partial charge in [-0.05, 0) is 18.2 Å². The lowest BCUT2D eigenvalue weighted by Gasteiger charge is -2.11. The third-order valence-corrected chi connectivity index (χ3v) is 3.67. The molecule has 0 amide bonds. The lowest BCUT2D eigenvalue weighted by Crippen LogP contribution is -2.14. The third-order valence-electron chi connectivity index (χ3n) is 2.41. The van der Waals surface area contributed by atoms with Crippen molar-refractivity contribution >= 4 is 22.9 Å². The fourth-order valence-electron chi connectivity index (χ4n) is 1.59. The summed E-state index contributed by atoms with van der Waals surface area (Å²) in [6, 6.07) is 6.56. The Kier molecular flexibility index (Phi) is 3.76. The molecule has 1 heterocycles. The highest BCUT2D eigenvalue weighted by molar-refractivity contribution is 7.16. The van der Waals surface area contributed by atoms with Gasteiger partial charge in [-0.3, -0.25) is 0 Å². The van der Waals surface area contributed by atoms with Crippen LogP contribution in [0.1, 0.15) is 16.5 Å². The fraction of sp³-hybridized carbons (Fsp3) is 0.167. The minimum atomic E-state index is -0.611. The molecule has 0 saturated heterocycles. The molecule has 2 rings (SSSR count). The number of nitrogens with two attached hydrogens (primary N) is 1. The van der Waals surface area contributed by atoms with E-state index in [1.54, 1.807) is 6.07 Å². The first-order chi connectivity index (χ1) is 8.06. The number of hydrogen-bond acceptors (Lipinski definition) is 2. The molecule has 0 aliphatic carbocycles. The SMILES string of the molecule is NC(Cc1ccc(Cl)s1)c1ccc(F)cc1F. The lowest BCUT2D eigenvalue weighted by molar-refractivity contribution is 0.555. The van der Waals surface area contributed by atoms with Crippen molar-refractivity contribution in [2.45, 2.75) is 12.5 Å². The molecule has 2 N–H and O–H groups in total. The molecule has 0 aliphatic heterocycles. The van der Waals surface area contributed by atoms with Gasteiger partial charge in [-0.25, -0.2) is 8.78 Å². The molecule has 90 valence electrons. The molecular weight excluding hydrogens is 264 g/mol. The first-order valence-corrected chi connectivity index (χ1v) is 6.20. The van der Waals surface area contributed by atoms with Crippen molar-refractivity contribution in [2.24, 2.45) is 5.73 Å². The molecule has 1 aromatic heterocycles. The van der Waals surface area contributed by atoms with Crippen molar-refractivity contribution in [3.8, 4) is 0 Å². The molecule has 0 radical (unpaired) electrons. The van der Waals surface area contributed by atoms with Gasteiger partial charge in [0, 0.05) is 29.0 Å². The zero-order chi connectivity index (χ0) is 12.4. The predicted molar refractivity (Wildman–Crippen MR) is 66.3 cm³/mol. The summed E-state index contributed by atoms with van der Waals surface area (Å²) in [4.78, 5) is 0.978. The van der Waals surface area contributed by atoms with Gasteiger partial charge in [-0.15, -0.1) is 11.3 Å². The van der Waals surface area contributed by atoms with E-state index in [2.05, 4.69) is 0 Å². The smallest absolute Gasteiger partial charge is 0.130 e. The van der Waals surface area contributed by atoms with Crippen molar-refractivity contribution in [2.75, 3.05) is 0 Å². The van der Waals surface area contributed by atoms with E-state index in [1.807, 2.05) is 6.07 Å². The molecule has 1 atom stereocenters. The maximum absolute atomic E-state index is 13.5. The van der Waals surface area contributed by atoms with E-state index in [9.17, 15) is 8.78 Å². The molecule has 1 aromatic carbocycles. The summed E-state index contributed by atoms with van der Waals surface area (Å²) < 4.78 is 26.9. The second-order valence-electron chi connectivity index (χ2n) is 3.68. The molecule has 1 unspecified atom stereocenters. The monoisotopic (exact) mass is 273 g/mol. The van der Waals surface area contributed by atoms with Crippen molar-refractivity contribution in [3.05, 3.63) is 56.7 Å². The third kappa shape index (κ3) is 3.03. The van der Waals surface area contributed by atoms with Gasteiger partial charge < -0.3 is 5.73 Å². The van der Waals surface area contributed by atoms with E-state index in [1.165, 1.54) is 23.5 Å². The topological polar surface area (TPSA) is 26.0 Å². The zero-order valence-electron chi connectivity index (χ0n) is 8.79. The minimum absolute atomic E-state index is 0.316. The van der Waals surface area contributed by atoms with Crippen LogP contribution in [-0.2, 0) is 6.42 Å². The standard InChI is InChI=1S/C12H10ClF2NS/c13-12-4-2-8(17-12)6-11(16)9-3-1-7(14)5-10(9)15/h1-5,11H,6,16H2. The summed E-state index contributed by atoms with van der Waals surface area (Å²) >= 11 is 7.20. The maximum atomic E-state index is 13.5. The van der Waals surface area contributed by atoms with E-state index in [-0.39, 0.29) is 0 Å². The van der Waals surface area contributed by atoms with Gasteiger partial charge in [0.2, 0.25) is 0 Å². The van der Waals surface area contributed by atoms with E-state index < -0.39 is 17.7 Å². The number of halogens is 3. The summed E-state index contributed by atoms with van der Waals surface area (Å²) in [6.07, 6.45) is 0.486. The van der Waals surface area contributed by atoms with Crippen LogP contribution in [0.5, 0.6) is 0 Å². The Morgan fingerprint density at radius 3 is 2.59 bits per heavy atom. The second-order valence-corrected chi connectivity index (χ2v) is 5.48. The van der Waals surface area contributed by atoms with Crippen LogP contribution in [0.3, 0.4) is 0 Å². The lowest BCUT2D eigenvalue weighted by atomic mass is 10.0. The highest BCUT2D eigenvalue weighted by atomic mass is 35.5. The predicted octanol–water partition coefficient (Wildman–Crippen LogP) is 3.92. The van der Waals surface area contributed by atoms with Gasteiger partial charge in [0.05, 0.1) is 4.34 Å². The summed E-state index contributed by atoms with van der Waals surface area (Å²) in [7, 11) is 0. The van der Waals surface area contributed by atoms with Crippen molar-refractivity contribution in [1.29, 1.82) is 0 Å². The highest BCUT2D eigenvalue weighted by Crippen LogP contribution is 2.26. The number of rotatable bonds is 3. The van der Waals surface area contributed by atoms with Crippen LogP contribution in [0, 0.1) is 11.6 Å². The summed E-state index contributed by atoms with van der Waals surface area (Å²) in [5.41, 5.74) is 6.20. The quantitative estimate of drug-likeness (QED) is 0.901. The van der Waals surface area contributed by atoms with E-state index in [4.69, 9.17) is 17.3 Å². The number of benzene rings is 1. The van der Waals surface area contributed by atoms with E-state index in [0.29, 0.717) is 16.3 Å². The van der Waals surface area contributed by atoms with Gasteiger partial charge >= 0.3 is 0 Å². The van der Waals surface area contributed by atoms with Crippen LogP contribution in [0.15, 0.2) is 30.3 Å². The van der Waals surface area contributed by atoms with Crippen LogP contribution >= 0.6 is 22.9 Å². The van der Waals surface area contributed by atoms with Crippen molar-refractivity contribution < 1.29 is 8.78 Å². The van der Waals surface area contributed by atoms with Crippen LogP contribution in [0.4, 0.5) is 8.78 Å². The van der Waals surface area contributed by atoms with Gasteiger partial charge in [-0.2, -0.15) is 0 Å². The Balaban J connectivity index is 2.17. The van der Waals surface area contributed by atoms with Crippen molar-refractivity contribution in [1.82, 2.24) is 0 Å². The molecular formula is C12H10ClF2NS. The Labute approximate surface area is 107 Å². The summed E-state index contributed by atoms with van der Waals surface area (Å²) in [6.45, 7) is 0. The summed E-state index contributed by atoms with van der Waals surface area (Å²) in [5.74, 6) is -1.21. The minimum Gasteiger partial charge on any atom is -0.324 e. The van der Waals surface area contributed by atoms with Gasteiger partial charge in [-0.1, -0.05) is 17.7 Å². The normalized spacial score (nSPS) is 12.7. The summed E-state index contributed by atoms with van der Waals surface area (Å²) in [5, 5.41) is 0. The second kappa shape index (κ2) is 5.12. The Morgan fingerprint density at radius 1 is 1.24 bits per heavy atom. The molecule has 1 nitrogen and oxygen atoms in total. The van der Waals surface area contributed by atoms with Crippen molar-refractivity contribution in [3.63, 3.8) is 0 Å². The van der Waals surface area contributed by atoms with Crippen LogP contribution < -0.4 is 5.73 Å². The highest BCUT2D eigenvalue weighted by Gasteiger charge is 2.13. The molecule has 17 heavy (non-hydrogen) atoms. The molecule has 0 spiro atoms. The number of hydrogen-bond donors (Lipinski definition) is 1. The van der Waals surface area contributed by atoms with E-state index >= 15 is 0 Å².